The van der Waals surface area contributed by atoms with Crippen LogP contribution in [0, 0.1) is 0 Å². The molecule has 102 valence electrons. The van der Waals surface area contributed by atoms with E-state index in [1.54, 1.807) is 0 Å². The number of hydrogen-bond donors (Lipinski definition) is 0. The van der Waals surface area contributed by atoms with Gasteiger partial charge < -0.3 is 4.43 Å². The second-order valence-electron chi connectivity index (χ2n) is 7.63. The van der Waals surface area contributed by atoms with E-state index in [9.17, 15) is 0 Å². The standard InChI is InChI=1S/C14H32OSi2/c1-14(2,3)17(7,8)15-12-10-9-11-13-16(4,5)6/h9,11H,10,12-13H2,1-8H3/b11-9+. The van der Waals surface area contributed by atoms with E-state index >= 15 is 0 Å². The van der Waals surface area contributed by atoms with Gasteiger partial charge in [-0.1, -0.05) is 52.6 Å². The van der Waals surface area contributed by atoms with Crippen molar-refractivity contribution in [2.75, 3.05) is 6.61 Å². The van der Waals surface area contributed by atoms with Crippen molar-refractivity contribution in [1.29, 1.82) is 0 Å². The molecule has 0 aromatic carbocycles. The Kier molecular flexibility index (Phi) is 6.39. The largest absolute Gasteiger partial charge is 0.417 e. The highest BCUT2D eigenvalue weighted by Gasteiger charge is 2.36. The SMILES string of the molecule is CC(C)(C)[Si](C)(C)OCC/C=C/C[Si](C)(C)C. The van der Waals surface area contributed by atoms with Gasteiger partial charge in [0.25, 0.3) is 0 Å². The third kappa shape index (κ3) is 7.95. The molecule has 0 saturated heterocycles. The van der Waals surface area contributed by atoms with E-state index in [1.165, 1.54) is 6.04 Å². The maximum atomic E-state index is 6.13. The molecule has 0 amide bonds. The number of hydrogen-bond acceptors (Lipinski definition) is 1. The summed E-state index contributed by atoms with van der Waals surface area (Å²) in [6.07, 6.45) is 5.71. The summed E-state index contributed by atoms with van der Waals surface area (Å²) in [5.41, 5.74) is 0. The van der Waals surface area contributed by atoms with Gasteiger partial charge in [-0.05, 0) is 30.6 Å². The Bertz CT molecular complexity index is 244. The van der Waals surface area contributed by atoms with Crippen LogP contribution in [0.5, 0.6) is 0 Å². The second kappa shape index (κ2) is 6.34. The number of rotatable bonds is 6. The van der Waals surface area contributed by atoms with Crippen molar-refractivity contribution in [3.63, 3.8) is 0 Å². The van der Waals surface area contributed by atoms with Gasteiger partial charge in [-0.15, -0.1) is 0 Å². The van der Waals surface area contributed by atoms with Gasteiger partial charge >= 0.3 is 0 Å². The predicted molar refractivity (Wildman–Crippen MR) is 85.1 cm³/mol. The minimum atomic E-state index is -1.53. The minimum absolute atomic E-state index is 0.328. The summed E-state index contributed by atoms with van der Waals surface area (Å²) >= 11 is 0. The van der Waals surface area contributed by atoms with Crippen molar-refractivity contribution in [1.82, 2.24) is 0 Å². The third-order valence-corrected chi connectivity index (χ3v) is 9.45. The zero-order valence-corrected chi connectivity index (χ0v) is 15.2. The molecule has 0 bridgehead atoms. The Labute approximate surface area is 111 Å². The van der Waals surface area contributed by atoms with Gasteiger partial charge in [-0.3, -0.25) is 0 Å². The Morgan fingerprint density at radius 2 is 1.47 bits per heavy atom. The van der Waals surface area contributed by atoms with Crippen LogP contribution in [-0.2, 0) is 4.43 Å². The molecule has 0 unspecified atom stereocenters. The first-order valence-electron chi connectivity index (χ1n) is 6.75. The van der Waals surface area contributed by atoms with E-state index in [-0.39, 0.29) is 0 Å². The molecule has 17 heavy (non-hydrogen) atoms. The zero-order chi connectivity index (χ0) is 13.7. The second-order valence-corrected chi connectivity index (χ2v) is 18.0. The third-order valence-electron chi connectivity index (χ3n) is 3.45. The van der Waals surface area contributed by atoms with E-state index in [0.29, 0.717) is 5.04 Å². The van der Waals surface area contributed by atoms with Crippen LogP contribution in [0.1, 0.15) is 27.2 Å². The van der Waals surface area contributed by atoms with Crippen LogP contribution < -0.4 is 0 Å². The normalized spacial score (nSPS) is 14.6. The fourth-order valence-corrected chi connectivity index (χ4v) is 3.09. The molecular weight excluding hydrogens is 240 g/mol. The Balaban J connectivity index is 3.87. The van der Waals surface area contributed by atoms with Crippen molar-refractivity contribution >= 4 is 16.4 Å². The van der Waals surface area contributed by atoms with E-state index in [2.05, 4.69) is 65.7 Å². The quantitative estimate of drug-likeness (QED) is 0.362. The molecule has 0 aliphatic heterocycles. The molecular formula is C14H32OSi2. The van der Waals surface area contributed by atoms with Crippen molar-refractivity contribution in [2.24, 2.45) is 0 Å². The summed E-state index contributed by atoms with van der Waals surface area (Å²) in [5.74, 6) is 0. The summed E-state index contributed by atoms with van der Waals surface area (Å²) in [6.45, 7) is 19.6. The lowest BCUT2D eigenvalue weighted by atomic mass is 10.2. The van der Waals surface area contributed by atoms with Crippen LogP contribution in [0.15, 0.2) is 12.2 Å². The van der Waals surface area contributed by atoms with Gasteiger partial charge in [0.2, 0.25) is 0 Å². The summed E-state index contributed by atoms with van der Waals surface area (Å²) in [7, 11) is -2.43. The van der Waals surface area contributed by atoms with Gasteiger partial charge in [0.15, 0.2) is 8.32 Å². The molecule has 0 heterocycles. The molecule has 0 rings (SSSR count). The van der Waals surface area contributed by atoms with Gasteiger partial charge in [-0.2, -0.15) is 0 Å². The van der Waals surface area contributed by atoms with Crippen LogP contribution >= 0.6 is 0 Å². The topological polar surface area (TPSA) is 9.23 Å². The zero-order valence-electron chi connectivity index (χ0n) is 13.2. The van der Waals surface area contributed by atoms with Crippen molar-refractivity contribution in [3.8, 4) is 0 Å². The van der Waals surface area contributed by atoms with Crippen molar-refractivity contribution in [2.45, 2.75) is 71.0 Å². The van der Waals surface area contributed by atoms with E-state index in [0.717, 1.165) is 13.0 Å². The molecule has 0 aliphatic rings. The smallest absolute Gasteiger partial charge is 0.191 e. The van der Waals surface area contributed by atoms with Crippen LogP contribution in [-0.4, -0.2) is 23.0 Å². The number of allylic oxidation sites excluding steroid dienone is 1. The van der Waals surface area contributed by atoms with E-state index in [1.807, 2.05) is 0 Å². The molecule has 0 radical (unpaired) electrons. The molecule has 1 nitrogen and oxygen atoms in total. The predicted octanol–water partition coefficient (Wildman–Crippen LogP) is 5.29. The summed E-state index contributed by atoms with van der Waals surface area (Å²) < 4.78 is 6.13. The van der Waals surface area contributed by atoms with E-state index in [4.69, 9.17) is 4.43 Å². The molecule has 0 N–H and O–H groups in total. The van der Waals surface area contributed by atoms with E-state index < -0.39 is 16.4 Å². The maximum absolute atomic E-state index is 6.13. The average molecular weight is 273 g/mol. The average Bonchev–Trinajstić information content (AvgIpc) is 2.07. The Morgan fingerprint density at radius 1 is 0.941 bits per heavy atom. The molecule has 0 saturated carbocycles. The molecule has 0 aromatic rings. The van der Waals surface area contributed by atoms with Crippen LogP contribution in [0.4, 0.5) is 0 Å². The highest BCUT2D eigenvalue weighted by molar-refractivity contribution is 6.76. The fourth-order valence-electron chi connectivity index (χ4n) is 1.15. The lowest BCUT2D eigenvalue weighted by Gasteiger charge is -2.36. The highest BCUT2D eigenvalue weighted by atomic mass is 28.4. The minimum Gasteiger partial charge on any atom is -0.417 e. The molecule has 3 heteroatoms. The molecule has 0 aliphatic carbocycles. The Morgan fingerprint density at radius 3 is 1.88 bits per heavy atom. The molecule has 0 spiro atoms. The lowest BCUT2D eigenvalue weighted by Crippen LogP contribution is -2.40. The first-order chi connectivity index (χ1) is 7.46. The van der Waals surface area contributed by atoms with Crippen LogP contribution in [0.25, 0.3) is 0 Å². The fraction of sp³-hybridized carbons (Fsp3) is 0.857. The van der Waals surface area contributed by atoms with Gasteiger partial charge in [0.1, 0.15) is 0 Å². The summed E-state index contributed by atoms with van der Waals surface area (Å²) in [6, 6.07) is 1.28. The maximum Gasteiger partial charge on any atom is 0.191 e. The van der Waals surface area contributed by atoms with Crippen LogP contribution in [0.2, 0.25) is 43.8 Å². The van der Waals surface area contributed by atoms with Gasteiger partial charge in [0, 0.05) is 14.7 Å². The van der Waals surface area contributed by atoms with Gasteiger partial charge in [0.05, 0.1) is 0 Å². The molecule has 0 fully saturated rings. The monoisotopic (exact) mass is 272 g/mol. The lowest BCUT2D eigenvalue weighted by molar-refractivity contribution is 0.294. The first kappa shape index (κ1) is 17.1. The molecule has 0 atom stereocenters. The Hall–Kier alpha value is 0.134. The van der Waals surface area contributed by atoms with Crippen molar-refractivity contribution < 1.29 is 4.43 Å². The van der Waals surface area contributed by atoms with Crippen LogP contribution in [0.3, 0.4) is 0 Å². The highest BCUT2D eigenvalue weighted by Crippen LogP contribution is 2.36. The molecule has 0 aromatic heterocycles. The van der Waals surface area contributed by atoms with Gasteiger partial charge in [-0.25, -0.2) is 0 Å². The summed E-state index contributed by atoms with van der Waals surface area (Å²) in [4.78, 5) is 0. The summed E-state index contributed by atoms with van der Waals surface area (Å²) in [5, 5.41) is 0.328. The first-order valence-corrected chi connectivity index (χ1v) is 13.4. The van der Waals surface area contributed by atoms with Crippen molar-refractivity contribution in [3.05, 3.63) is 12.2 Å².